The van der Waals surface area contributed by atoms with E-state index in [1.54, 1.807) is 54.9 Å². The second-order valence-electron chi connectivity index (χ2n) is 7.36. The molecule has 0 bridgehead atoms. The maximum Gasteiger partial charge on any atom is 0.270 e. The summed E-state index contributed by atoms with van der Waals surface area (Å²) in [6.07, 6.45) is 2.46. The smallest absolute Gasteiger partial charge is 0.270 e. The van der Waals surface area contributed by atoms with Gasteiger partial charge in [0.1, 0.15) is 6.61 Å². The van der Waals surface area contributed by atoms with Crippen LogP contribution in [-0.2, 0) is 14.8 Å². The molecule has 1 aliphatic rings. The van der Waals surface area contributed by atoms with Crippen LogP contribution < -0.4 is 19.9 Å². The van der Waals surface area contributed by atoms with Crippen LogP contribution in [0.4, 0.5) is 5.13 Å². The number of amides is 1. The van der Waals surface area contributed by atoms with Crippen LogP contribution in [0.3, 0.4) is 0 Å². The van der Waals surface area contributed by atoms with E-state index in [1.807, 2.05) is 6.07 Å². The minimum absolute atomic E-state index is 0.00878. The van der Waals surface area contributed by atoms with E-state index in [2.05, 4.69) is 15.3 Å². The van der Waals surface area contributed by atoms with Gasteiger partial charge in [-0.15, -0.1) is 0 Å². The number of benzene rings is 2. The molecule has 1 atom stereocenters. The number of hydrogen-bond donors (Lipinski definition) is 2. The van der Waals surface area contributed by atoms with Crippen molar-refractivity contribution in [1.29, 1.82) is 0 Å². The zero-order valence-electron chi connectivity index (χ0n) is 17.5. The third-order valence-electron chi connectivity index (χ3n) is 5.06. The Morgan fingerprint density at radius 1 is 1.00 bits per heavy atom. The molecule has 34 heavy (non-hydrogen) atoms. The Labute approximate surface area is 199 Å². The summed E-state index contributed by atoms with van der Waals surface area (Å²) in [6.45, 7) is 0.0767. The summed E-state index contributed by atoms with van der Waals surface area (Å²) in [4.78, 5) is 22.3. The summed E-state index contributed by atoms with van der Waals surface area (Å²) in [5.74, 6) is 0.702. The molecule has 3 heterocycles. The molecular weight excluding hydrogens is 476 g/mol. The Morgan fingerprint density at radius 2 is 1.71 bits per heavy atom. The Hall–Kier alpha value is -3.80. The minimum atomic E-state index is -3.81. The molecular formula is C23H18N4O5S2. The number of carbonyl (C=O) groups is 1. The van der Waals surface area contributed by atoms with Crippen LogP contribution in [0.1, 0.15) is 0 Å². The summed E-state index contributed by atoms with van der Waals surface area (Å²) in [6, 6.07) is 16.9. The van der Waals surface area contributed by atoms with E-state index < -0.39 is 16.1 Å². The Bertz CT molecular complexity index is 1450. The minimum Gasteiger partial charge on any atom is -0.485 e. The number of thiazole rings is 1. The topological polar surface area (TPSA) is 134 Å². The van der Waals surface area contributed by atoms with Crippen LogP contribution in [0.5, 0.6) is 11.5 Å². The molecule has 1 unspecified atom stereocenters. The highest BCUT2D eigenvalue weighted by Crippen LogP contribution is 2.39. The molecule has 1 aliphatic heterocycles. The number of rotatable bonds is 5. The molecule has 172 valence electrons. The van der Waals surface area contributed by atoms with Gasteiger partial charge in [0.2, 0.25) is 16.1 Å². The van der Waals surface area contributed by atoms with E-state index >= 15 is 0 Å². The summed E-state index contributed by atoms with van der Waals surface area (Å²) >= 11 is 1.26. The number of pyridine rings is 1. The first-order valence-corrected chi connectivity index (χ1v) is 12.5. The van der Waals surface area contributed by atoms with Crippen molar-refractivity contribution < 1.29 is 22.7 Å². The third kappa shape index (κ3) is 4.49. The number of ether oxygens (including phenoxy) is 2. The van der Waals surface area contributed by atoms with E-state index in [9.17, 15) is 13.2 Å². The van der Waals surface area contributed by atoms with Gasteiger partial charge in [-0.25, -0.2) is 18.5 Å². The van der Waals surface area contributed by atoms with Crippen molar-refractivity contribution >= 4 is 32.4 Å². The number of sulfonamides is 1. The highest BCUT2D eigenvalue weighted by atomic mass is 32.2. The fraction of sp³-hybridized carbons (Fsp3) is 0.0870. The maximum atomic E-state index is 12.9. The number of fused-ring (bicyclic) bond motifs is 1. The quantitative estimate of drug-likeness (QED) is 0.435. The highest BCUT2D eigenvalue weighted by Gasteiger charge is 2.28. The lowest BCUT2D eigenvalue weighted by Crippen LogP contribution is -2.40. The second-order valence-corrected chi connectivity index (χ2v) is 9.92. The van der Waals surface area contributed by atoms with E-state index in [1.165, 1.54) is 23.5 Å². The molecule has 11 heteroatoms. The predicted octanol–water partition coefficient (Wildman–Crippen LogP) is 3.30. The number of primary sulfonamides is 1. The van der Waals surface area contributed by atoms with Crippen molar-refractivity contribution in [3.63, 3.8) is 0 Å². The number of nitrogens with one attached hydrogen (secondary N) is 1. The summed E-state index contributed by atoms with van der Waals surface area (Å²) in [7, 11) is -3.81. The van der Waals surface area contributed by atoms with Crippen LogP contribution in [0.15, 0.2) is 78.0 Å². The lowest BCUT2D eigenvalue weighted by molar-refractivity contribution is -0.125. The number of anilines is 1. The monoisotopic (exact) mass is 494 g/mol. The van der Waals surface area contributed by atoms with E-state index in [4.69, 9.17) is 14.6 Å². The van der Waals surface area contributed by atoms with Crippen LogP contribution >= 0.6 is 11.3 Å². The van der Waals surface area contributed by atoms with Gasteiger partial charge in [-0.2, -0.15) is 0 Å². The van der Waals surface area contributed by atoms with Crippen molar-refractivity contribution in [3.8, 4) is 33.2 Å². The molecule has 0 radical (unpaired) electrons. The largest absolute Gasteiger partial charge is 0.485 e. The third-order valence-corrected chi connectivity index (χ3v) is 7.01. The summed E-state index contributed by atoms with van der Waals surface area (Å²) in [5.41, 5.74) is 2.14. The SMILES string of the molecule is NS(=O)(=O)c1ccc(-c2sc(NC(=O)C3COc4ccccc4O3)nc2-c2ccncc2)cc1. The maximum absolute atomic E-state index is 12.9. The number of hydrogen-bond acceptors (Lipinski definition) is 8. The fourth-order valence-corrected chi connectivity index (χ4v) is 4.92. The Balaban J connectivity index is 1.45. The zero-order chi connectivity index (χ0) is 23.7. The molecule has 2 aromatic heterocycles. The van der Waals surface area contributed by atoms with Crippen molar-refractivity contribution in [3.05, 3.63) is 73.1 Å². The van der Waals surface area contributed by atoms with Gasteiger partial charge in [-0.05, 0) is 42.0 Å². The van der Waals surface area contributed by atoms with E-state index in [0.717, 1.165) is 16.0 Å². The number of carbonyl (C=O) groups excluding carboxylic acids is 1. The van der Waals surface area contributed by atoms with Gasteiger partial charge in [-0.1, -0.05) is 35.6 Å². The second kappa shape index (κ2) is 8.86. The molecule has 0 saturated heterocycles. The van der Waals surface area contributed by atoms with E-state index in [0.29, 0.717) is 22.3 Å². The molecule has 0 aliphatic carbocycles. The van der Waals surface area contributed by atoms with Crippen LogP contribution in [0.2, 0.25) is 0 Å². The van der Waals surface area contributed by atoms with Gasteiger partial charge in [-0.3, -0.25) is 15.1 Å². The molecule has 5 rings (SSSR count). The first kappa shape index (κ1) is 22.0. The average Bonchev–Trinajstić information content (AvgIpc) is 3.27. The van der Waals surface area contributed by atoms with Gasteiger partial charge in [0.15, 0.2) is 16.6 Å². The van der Waals surface area contributed by atoms with E-state index in [-0.39, 0.29) is 17.4 Å². The first-order chi connectivity index (χ1) is 16.4. The van der Waals surface area contributed by atoms with Gasteiger partial charge < -0.3 is 9.47 Å². The molecule has 2 aromatic carbocycles. The summed E-state index contributed by atoms with van der Waals surface area (Å²) in [5, 5.41) is 8.39. The Kier molecular flexibility index (Phi) is 5.74. The molecule has 0 fully saturated rings. The van der Waals surface area contributed by atoms with Gasteiger partial charge in [0.25, 0.3) is 5.91 Å². The predicted molar refractivity (Wildman–Crippen MR) is 127 cm³/mol. The highest BCUT2D eigenvalue weighted by molar-refractivity contribution is 7.89. The normalized spacial score (nSPS) is 15.0. The van der Waals surface area contributed by atoms with Crippen molar-refractivity contribution in [2.75, 3.05) is 11.9 Å². The lowest BCUT2D eigenvalue weighted by Gasteiger charge is -2.25. The van der Waals surface area contributed by atoms with Gasteiger partial charge in [0.05, 0.1) is 15.5 Å². The number of para-hydroxylation sites is 2. The zero-order valence-corrected chi connectivity index (χ0v) is 19.2. The fourth-order valence-electron chi connectivity index (χ4n) is 3.41. The Morgan fingerprint density at radius 3 is 2.41 bits per heavy atom. The molecule has 0 spiro atoms. The van der Waals surface area contributed by atoms with Crippen molar-refractivity contribution in [1.82, 2.24) is 9.97 Å². The molecule has 4 aromatic rings. The van der Waals surface area contributed by atoms with Crippen molar-refractivity contribution in [2.45, 2.75) is 11.0 Å². The summed E-state index contributed by atoms with van der Waals surface area (Å²) < 4.78 is 34.6. The molecule has 0 saturated carbocycles. The molecule has 3 N–H and O–H groups in total. The first-order valence-electron chi connectivity index (χ1n) is 10.1. The average molecular weight is 495 g/mol. The molecule has 9 nitrogen and oxygen atoms in total. The van der Waals surface area contributed by atoms with Crippen molar-refractivity contribution in [2.24, 2.45) is 5.14 Å². The standard InChI is InChI=1S/C23H18N4O5S2/c24-34(29,30)16-7-5-15(6-8-16)21-20(14-9-11-25-12-10-14)26-23(33-21)27-22(28)19-13-31-17-3-1-2-4-18(17)32-19/h1-12,19H,13H2,(H2,24,29,30)(H,26,27,28). The number of aromatic nitrogens is 2. The van der Waals surface area contributed by atoms with Gasteiger partial charge in [0, 0.05) is 18.0 Å². The molecule has 1 amide bonds. The lowest BCUT2D eigenvalue weighted by atomic mass is 10.1. The number of nitrogens with zero attached hydrogens (tertiary/aromatic N) is 2. The van der Waals surface area contributed by atoms with Crippen LogP contribution in [0.25, 0.3) is 21.7 Å². The van der Waals surface area contributed by atoms with Crippen LogP contribution in [0, 0.1) is 0 Å². The van der Waals surface area contributed by atoms with Gasteiger partial charge >= 0.3 is 0 Å². The van der Waals surface area contributed by atoms with Crippen LogP contribution in [-0.4, -0.2) is 37.0 Å². The number of nitrogens with two attached hydrogens (primary N) is 1.